The summed E-state index contributed by atoms with van der Waals surface area (Å²) in [7, 11) is 0. The van der Waals surface area contributed by atoms with Crippen LogP contribution in [0.15, 0.2) is 67.0 Å². The maximum atomic E-state index is 12.5. The first kappa shape index (κ1) is 15.9. The molecule has 3 rings (SSSR count). The van der Waals surface area contributed by atoms with Crippen LogP contribution in [0.5, 0.6) is 0 Å². The molecule has 0 amide bonds. The molecule has 0 aliphatic heterocycles. The van der Waals surface area contributed by atoms with Gasteiger partial charge in [-0.3, -0.25) is 4.79 Å². The van der Waals surface area contributed by atoms with Crippen LogP contribution in [0.3, 0.4) is 0 Å². The maximum Gasteiger partial charge on any atom is 0.228 e. The van der Waals surface area contributed by atoms with Crippen LogP contribution in [0.25, 0.3) is 10.8 Å². The van der Waals surface area contributed by atoms with Gasteiger partial charge >= 0.3 is 0 Å². The normalized spacial score (nSPS) is 9.77. The Hall–Kier alpha value is -2.51. The number of carbonyl (C=O) groups is 1. The minimum atomic E-state index is 0. The highest BCUT2D eigenvalue weighted by Gasteiger charge is 2.14. The number of aromatic nitrogens is 1. The summed E-state index contributed by atoms with van der Waals surface area (Å²) >= 11 is 0. The Morgan fingerprint density at radius 1 is 1.00 bits per heavy atom. The highest BCUT2D eigenvalue weighted by molar-refractivity contribution is 8.93. The van der Waals surface area contributed by atoms with Gasteiger partial charge in [-0.05, 0) is 10.8 Å². The van der Waals surface area contributed by atoms with E-state index in [9.17, 15) is 4.79 Å². The summed E-state index contributed by atoms with van der Waals surface area (Å²) in [6.45, 7) is 0.264. The lowest BCUT2D eigenvalue weighted by Gasteiger charge is -2.03. The summed E-state index contributed by atoms with van der Waals surface area (Å²) in [6.07, 6.45) is 3.50. The number of Topliss-reactive ketones (excluding diaryl/α,β-unsaturated/α-hetero) is 1. The number of carbonyl (C=O) groups excluding carboxylic acids is 1. The summed E-state index contributed by atoms with van der Waals surface area (Å²) < 4.78 is 1.78. The maximum absolute atomic E-state index is 12.5. The fourth-order valence-electron chi connectivity index (χ4n) is 2.36. The number of hydrogen-bond donors (Lipinski definition) is 0. The molecule has 0 saturated carbocycles. The van der Waals surface area contributed by atoms with E-state index in [1.54, 1.807) is 29.1 Å². The number of nitriles is 1. The topological polar surface area (TPSA) is 44.7 Å². The molecule has 22 heavy (non-hydrogen) atoms. The van der Waals surface area contributed by atoms with Crippen LogP contribution in [0.1, 0.15) is 15.9 Å². The molecule has 0 spiro atoms. The van der Waals surface area contributed by atoms with E-state index in [0.29, 0.717) is 5.56 Å². The Kier molecular flexibility index (Phi) is 5.03. The van der Waals surface area contributed by atoms with E-state index < -0.39 is 0 Å². The number of halogens is 1. The van der Waals surface area contributed by atoms with Crippen LogP contribution < -0.4 is 4.57 Å². The monoisotopic (exact) mass is 353 g/mol. The van der Waals surface area contributed by atoms with Gasteiger partial charge in [0.05, 0.1) is 11.6 Å². The molecular weight excluding hydrogens is 340 g/mol. The second-order valence-electron chi connectivity index (χ2n) is 4.82. The molecule has 4 heteroatoms. The minimum absolute atomic E-state index is 0. The lowest BCUT2D eigenvalue weighted by molar-refractivity contribution is -0.683. The first-order valence-corrected chi connectivity index (χ1v) is 6.68. The van der Waals surface area contributed by atoms with Crippen LogP contribution >= 0.6 is 17.0 Å². The molecule has 0 aliphatic carbocycles. The van der Waals surface area contributed by atoms with Gasteiger partial charge in [0, 0.05) is 17.7 Å². The zero-order chi connectivity index (χ0) is 14.7. The standard InChI is InChI=1S/C18H13N2O.BrH/c19-12-14-8-10-20(11-9-14)13-18(21)17-7-3-5-15-4-1-2-6-16(15)17;/h1-11H,13H2;1H/q+1;. The van der Waals surface area contributed by atoms with Crippen LogP contribution in [0, 0.1) is 11.3 Å². The SMILES string of the molecule is Br.N#Cc1cc[n+](CC(=O)c2cccc3ccccc23)cc1. The summed E-state index contributed by atoms with van der Waals surface area (Å²) in [4.78, 5) is 12.5. The number of nitrogens with zero attached hydrogens (tertiary/aromatic N) is 2. The highest BCUT2D eigenvalue weighted by Crippen LogP contribution is 2.18. The molecule has 0 saturated heterocycles. The summed E-state index contributed by atoms with van der Waals surface area (Å²) in [6, 6.07) is 19.1. The number of ketones is 1. The first-order chi connectivity index (χ1) is 10.3. The van der Waals surface area contributed by atoms with Crippen molar-refractivity contribution in [3.05, 3.63) is 78.1 Å². The minimum Gasteiger partial charge on any atom is -0.287 e. The smallest absolute Gasteiger partial charge is 0.228 e. The Labute approximate surface area is 139 Å². The molecule has 108 valence electrons. The molecule has 0 N–H and O–H groups in total. The quantitative estimate of drug-likeness (QED) is 0.534. The highest BCUT2D eigenvalue weighted by atomic mass is 79.9. The Morgan fingerprint density at radius 3 is 2.41 bits per heavy atom. The number of pyridine rings is 1. The van der Waals surface area contributed by atoms with Crippen molar-refractivity contribution in [1.29, 1.82) is 5.26 Å². The van der Waals surface area contributed by atoms with Crippen molar-refractivity contribution >= 4 is 33.5 Å². The average Bonchev–Trinajstić information content (AvgIpc) is 2.55. The molecule has 0 radical (unpaired) electrons. The van der Waals surface area contributed by atoms with E-state index in [2.05, 4.69) is 6.07 Å². The molecule has 1 heterocycles. The number of rotatable bonds is 3. The van der Waals surface area contributed by atoms with Crippen molar-refractivity contribution in [3.63, 3.8) is 0 Å². The number of hydrogen-bond acceptors (Lipinski definition) is 2. The second kappa shape index (κ2) is 6.97. The van der Waals surface area contributed by atoms with Gasteiger partial charge in [0.25, 0.3) is 0 Å². The lowest BCUT2D eigenvalue weighted by atomic mass is 10.0. The molecule has 3 nitrogen and oxygen atoms in total. The fourth-order valence-corrected chi connectivity index (χ4v) is 2.36. The zero-order valence-corrected chi connectivity index (χ0v) is 13.5. The van der Waals surface area contributed by atoms with E-state index in [0.717, 1.165) is 16.3 Å². The van der Waals surface area contributed by atoms with E-state index in [1.807, 2.05) is 42.5 Å². The Balaban J connectivity index is 0.00000176. The second-order valence-corrected chi connectivity index (χ2v) is 4.82. The predicted molar refractivity (Wildman–Crippen MR) is 90.0 cm³/mol. The van der Waals surface area contributed by atoms with Crippen LogP contribution in [0.2, 0.25) is 0 Å². The molecule has 0 aliphatic rings. The van der Waals surface area contributed by atoms with E-state index >= 15 is 0 Å². The number of benzene rings is 2. The Bertz CT molecular complexity index is 846. The summed E-state index contributed by atoms with van der Waals surface area (Å²) in [5.74, 6) is 0.0570. The van der Waals surface area contributed by atoms with E-state index in [1.165, 1.54) is 0 Å². The summed E-state index contributed by atoms with van der Waals surface area (Å²) in [5, 5.41) is 10.8. The third-order valence-electron chi connectivity index (χ3n) is 3.44. The molecule has 0 bridgehead atoms. The van der Waals surface area contributed by atoms with Crippen LogP contribution in [-0.2, 0) is 6.54 Å². The summed E-state index contributed by atoms with van der Waals surface area (Å²) in [5.41, 5.74) is 1.31. The van der Waals surface area contributed by atoms with E-state index in [-0.39, 0.29) is 29.3 Å². The molecular formula is C18H14BrN2O+. The van der Waals surface area contributed by atoms with Crippen molar-refractivity contribution in [2.75, 3.05) is 0 Å². The van der Waals surface area contributed by atoms with Gasteiger partial charge in [0.15, 0.2) is 12.4 Å². The average molecular weight is 354 g/mol. The van der Waals surface area contributed by atoms with Gasteiger partial charge in [0.1, 0.15) is 0 Å². The van der Waals surface area contributed by atoms with Gasteiger partial charge in [-0.15, -0.1) is 17.0 Å². The molecule has 0 fully saturated rings. The lowest BCUT2D eigenvalue weighted by Crippen LogP contribution is -2.37. The van der Waals surface area contributed by atoms with E-state index in [4.69, 9.17) is 5.26 Å². The van der Waals surface area contributed by atoms with Crippen molar-refractivity contribution in [3.8, 4) is 6.07 Å². The van der Waals surface area contributed by atoms with Gasteiger partial charge in [0.2, 0.25) is 12.3 Å². The molecule has 1 aromatic heterocycles. The molecule has 0 unspecified atom stereocenters. The van der Waals surface area contributed by atoms with Gasteiger partial charge in [-0.2, -0.15) is 9.83 Å². The number of fused-ring (bicyclic) bond motifs is 1. The third kappa shape index (κ3) is 3.21. The predicted octanol–water partition coefficient (Wildman–Crippen LogP) is 3.46. The van der Waals surface area contributed by atoms with Crippen molar-refractivity contribution < 1.29 is 9.36 Å². The molecule has 2 aromatic carbocycles. The van der Waals surface area contributed by atoms with Gasteiger partial charge < -0.3 is 0 Å². The van der Waals surface area contributed by atoms with Crippen LogP contribution in [-0.4, -0.2) is 5.78 Å². The largest absolute Gasteiger partial charge is 0.287 e. The fraction of sp³-hybridized carbons (Fsp3) is 0.0556. The Morgan fingerprint density at radius 2 is 1.68 bits per heavy atom. The van der Waals surface area contributed by atoms with Gasteiger partial charge in [-0.1, -0.05) is 42.5 Å². The van der Waals surface area contributed by atoms with Crippen molar-refractivity contribution in [2.24, 2.45) is 0 Å². The van der Waals surface area contributed by atoms with Crippen molar-refractivity contribution in [1.82, 2.24) is 0 Å². The zero-order valence-electron chi connectivity index (χ0n) is 11.8. The third-order valence-corrected chi connectivity index (χ3v) is 3.44. The van der Waals surface area contributed by atoms with Crippen LogP contribution in [0.4, 0.5) is 0 Å². The molecule has 0 atom stereocenters. The van der Waals surface area contributed by atoms with Crippen molar-refractivity contribution in [2.45, 2.75) is 6.54 Å². The first-order valence-electron chi connectivity index (χ1n) is 6.68. The van der Waals surface area contributed by atoms with Gasteiger partial charge in [-0.25, -0.2) is 0 Å². The molecule has 3 aromatic rings.